The minimum Gasteiger partial charge on any atom is -0.465 e. The van der Waals surface area contributed by atoms with Crippen LogP contribution in [0.4, 0.5) is 5.69 Å². The fraction of sp³-hybridized carbons (Fsp3) is 0.133. The first-order chi connectivity index (χ1) is 10.1. The van der Waals surface area contributed by atoms with E-state index in [-0.39, 0.29) is 5.91 Å². The Balaban J connectivity index is 2.18. The van der Waals surface area contributed by atoms with Gasteiger partial charge in [-0.3, -0.25) is 9.89 Å². The van der Waals surface area contributed by atoms with E-state index in [1.807, 2.05) is 18.2 Å². The molecule has 108 valence electrons. The van der Waals surface area contributed by atoms with E-state index in [1.54, 1.807) is 6.07 Å². The number of hydrogen-bond donors (Lipinski definition) is 2. The standard InChI is InChI=1S/C15H15N3O3/c1-3-14(19)17-11-6-4-5-10(7-11)8-13-12(9-16-18-13)15(20)21-2/h3-7,9H,1,8H2,2H3,(H,16,18)(H,17,19). The Morgan fingerprint density at radius 1 is 1.48 bits per heavy atom. The summed E-state index contributed by atoms with van der Waals surface area (Å²) < 4.78 is 4.70. The van der Waals surface area contributed by atoms with Gasteiger partial charge in [-0.15, -0.1) is 0 Å². The van der Waals surface area contributed by atoms with Crippen LogP contribution in [-0.2, 0) is 16.0 Å². The maximum Gasteiger partial charge on any atom is 0.341 e. The quantitative estimate of drug-likeness (QED) is 0.649. The van der Waals surface area contributed by atoms with Gasteiger partial charge in [0.25, 0.3) is 0 Å². The van der Waals surface area contributed by atoms with Crippen molar-refractivity contribution in [1.82, 2.24) is 10.2 Å². The largest absolute Gasteiger partial charge is 0.465 e. The van der Waals surface area contributed by atoms with Crippen LogP contribution in [0.3, 0.4) is 0 Å². The highest BCUT2D eigenvalue weighted by molar-refractivity contribution is 5.98. The van der Waals surface area contributed by atoms with Crippen LogP contribution in [0.2, 0.25) is 0 Å². The van der Waals surface area contributed by atoms with E-state index >= 15 is 0 Å². The third-order valence-corrected chi connectivity index (χ3v) is 2.88. The number of H-pyrrole nitrogens is 1. The Labute approximate surface area is 121 Å². The summed E-state index contributed by atoms with van der Waals surface area (Å²) in [5.41, 5.74) is 2.65. The topological polar surface area (TPSA) is 84.1 Å². The summed E-state index contributed by atoms with van der Waals surface area (Å²) in [5, 5.41) is 9.33. The number of esters is 1. The minimum absolute atomic E-state index is 0.274. The Hall–Kier alpha value is -2.89. The van der Waals surface area contributed by atoms with E-state index in [4.69, 9.17) is 4.74 Å². The summed E-state index contributed by atoms with van der Waals surface area (Å²) in [7, 11) is 1.32. The smallest absolute Gasteiger partial charge is 0.341 e. The number of amides is 1. The first kappa shape index (κ1) is 14.5. The lowest BCUT2D eigenvalue weighted by atomic mass is 10.1. The van der Waals surface area contributed by atoms with Crippen LogP contribution in [0.25, 0.3) is 0 Å². The number of rotatable bonds is 5. The molecule has 0 aliphatic carbocycles. The average Bonchev–Trinajstić information content (AvgIpc) is 2.94. The molecule has 0 atom stereocenters. The Morgan fingerprint density at radius 3 is 3.00 bits per heavy atom. The highest BCUT2D eigenvalue weighted by Gasteiger charge is 2.14. The van der Waals surface area contributed by atoms with E-state index in [0.717, 1.165) is 5.56 Å². The molecule has 2 N–H and O–H groups in total. The predicted octanol–water partition coefficient (Wildman–Crippen LogP) is 1.91. The van der Waals surface area contributed by atoms with Crippen molar-refractivity contribution in [3.63, 3.8) is 0 Å². The number of nitrogens with one attached hydrogen (secondary N) is 2. The Bertz CT molecular complexity index is 676. The number of hydrogen-bond acceptors (Lipinski definition) is 4. The summed E-state index contributed by atoms with van der Waals surface area (Å²) in [6.07, 6.45) is 3.11. The van der Waals surface area contributed by atoms with Gasteiger partial charge in [0.1, 0.15) is 5.56 Å². The summed E-state index contributed by atoms with van der Waals surface area (Å²) in [4.78, 5) is 22.9. The molecule has 0 saturated heterocycles. The molecule has 0 aliphatic rings. The van der Waals surface area contributed by atoms with E-state index in [0.29, 0.717) is 23.4 Å². The minimum atomic E-state index is -0.435. The molecular weight excluding hydrogens is 270 g/mol. The zero-order chi connectivity index (χ0) is 15.2. The van der Waals surface area contributed by atoms with Gasteiger partial charge in [0.15, 0.2) is 0 Å². The van der Waals surface area contributed by atoms with Crippen molar-refractivity contribution in [2.75, 3.05) is 12.4 Å². The van der Waals surface area contributed by atoms with Gasteiger partial charge in [-0.1, -0.05) is 18.7 Å². The number of aromatic amines is 1. The molecule has 6 heteroatoms. The molecule has 0 fully saturated rings. The lowest BCUT2D eigenvalue weighted by Gasteiger charge is -2.06. The maximum absolute atomic E-state index is 11.6. The van der Waals surface area contributed by atoms with Crippen molar-refractivity contribution in [2.45, 2.75) is 6.42 Å². The molecule has 0 bridgehead atoms. The lowest BCUT2D eigenvalue weighted by Crippen LogP contribution is -2.08. The van der Waals surface area contributed by atoms with Crippen LogP contribution in [0.15, 0.2) is 43.1 Å². The molecule has 0 saturated carbocycles. The molecule has 1 aromatic carbocycles. The summed E-state index contributed by atoms with van der Waals surface area (Å²) in [6, 6.07) is 7.32. The van der Waals surface area contributed by atoms with Crippen molar-refractivity contribution in [2.24, 2.45) is 0 Å². The number of anilines is 1. The third kappa shape index (κ3) is 3.56. The monoisotopic (exact) mass is 285 g/mol. The van der Waals surface area contributed by atoms with E-state index in [2.05, 4.69) is 22.1 Å². The van der Waals surface area contributed by atoms with Gasteiger partial charge < -0.3 is 10.1 Å². The normalized spacial score (nSPS) is 9.95. The van der Waals surface area contributed by atoms with Gasteiger partial charge in [0, 0.05) is 12.1 Å². The fourth-order valence-corrected chi connectivity index (χ4v) is 1.89. The fourth-order valence-electron chi connectivity index (χ4n) is 1.89. The Morgan fingerprint density at radius 2 is 2.29 bits per heavy atom. The summed E-state index contributed by atoms with van der Waals surface area (Å²) in [6.45, 7) is 3.40. The molecule has 0 aliphatic heterocycles. The number of nitrogens with zero attached hydrogens (tertiary/aromatic N) is 1. The molecule has 1 aromatic heterocycles. The molecule has 6 nitrogen and oxygen atoms in total. The van der Waals surface area contributed by atoms with Gasteiger partial charge in [0.05, 0.1) is 19.0 Å². The number of benzene rings is 1. The van der Waals surface area contributed by atoms with Crippen LogP contribution >= 0.6 is 0 Å². The number of methoxy groups -OCH3 is 1. The van der Waals surface area contributed by atoms with Crippen LogP contribution in [0.5, 0.6) is 0 Å². The number of carbonyl (C=O) groups is 2. The molecule has 2 rings (SSSR count). The van der Waals surface area contributed by atoms with Crippen molar-refractivity contribution in [3.05, 3.63) is 59.9 Å². The maximum atomic E-state index is 11.6. The first-order valence-corrected chi connectivity index (χ1v) is 6.27. The van der Waals surface area contributed by atoms with E-state index in [1.165, 1.54) is 19.4 Å². The second-order valence-corrected chi connectivity index (χ2v) is 4.32. The van der Waals surface area contributed by atoms with Crippen molar-refractivity contribution in [1.29, 1.82) is 0 Å². The van der Waals surface area contributed by atoms with Crippen molar-refractivity contribution < 1.29 is 14.3 Å². The second kappa shape index (κ2) is 6.51. The van der Waals surface area contributed by atoms with E-state index < -0.39 is 5.97 Å². The zero-order valence-corrected chi connectivity index (χ0v) is 11.6. The van der Waals surface area contributed by atoms with Crippen LogP contribution < -0.4 is 5.32 Å². The molecule has 2 aromatic rings. The molecule has 1 heterocycles. The zero-order valence-electron chi connectivity index (χ0n) is 11.6. The number of aromatic nitrogens is 2. The number of ether oxygens (including phenoxy) is 1. The molecule has 0 unspecified atom stereocenters. The van der Waals surface area contributed by atoms with E-state index in [9.17, 15) is 9.59 Å². The average molecular weight is 285 g/mol. The van der Waals surface area contributed by atoms with Crippen molar-refractivity contribution >= 4 is 17.6 Å². The van der Waals surface area contributed by atoms with Crippen LogP contribution in [0.1, 0.15) is 21.6 Å². The molecular formula is C15H15N3O3. The third-order valence-electron chi connectivity index (χ3n) is 2.88. The van der Waals surface area contributed by atoms with Gasteiger partial charge in [-0.25, -0.2) is 4.79 Å². The Kier molecular flexibility index (Phi) is 4.50. The van der Waals surface area contributed by atoms with Crippen LogP contribution in [0, 0.1) is 0 Å². The van der Waals surface area contributed by atoms with Gasteiger partial charge in [-0.05, 0) is 23.8 Å². The second-order valence-electron chi connectivity index (χ2n) is 4.32. The van der Waals surface area contributed by atoms with Crippen molar-refractivity contribution in [3.8, 4) is 0 Å². The summed E-state index contributed by atoms with van der Waals surface area (Å²) in [5.74, 6) is -0.709. The molecule has 1 amide bonds. The molecule has 21 heavy (non-hydrogen) atoms. The van der Waals surface area contributed by atoms with Gasteiger partial charge >= 0.3 is 5.97 Å². The highest BCUT2D eigenvalue weighted by Crippen LogP contribution is 2.16. The summed E-state index contributed by atoms with van der Waals surface area (Å²) >= 11 is 0. The molecule has 0 radical (unpaired) electrons. The molecule has 0 spiro atoms. The number of carbonyl (C=O) groups excluding carboxylic acids is 2. The predicted molar refractivity (Wildman–Crippen MR) is 78.0 cm³/mol. The van der Waals surface area contributed by atoms with Crippen LogP contribution in [-0.4, -0.2) is 29.2 Å². The lowest BCUT2D eigenvalue weighted by molar-refractivity contribution is -0.111. The SMILES string of the molecule is C=CC(=O)Nc1cccc(Cc2[nH]ncc2C(=O)OC)c1. The van der Waals surface area contributed by atoms with Gasteiger partial charge in [-0.2, -0.15) is 5.10 Å². The first-order valence-electron chi connectivity index (χ1n) is 6.27. The highest BCUT2D eigenvalue weighted by atomic mass is 16.5. The van der Waals surface area contributed by atoms with Gasteiger partial charge in [0.2, 0.25) is 5.91 Å².